The number of H-pyrrole nitrogens is 1. The van der Waals surface area contributed by atoms with E-state index in [9.17, 15) is 4.79 Å². The smallest absolute Gasteiger partial charge is 0.218 e. The molecule has 1 N–H and O–H groups in total. The van der Waals surface area contributed by atoms with Gasteiger partial charge in [0.1, 0.15) is 5.82 Å². The second kappa shape index (κ2) is 10.7. The number of thiophene rings is 1. The number of nitrogens with zero attached hydrogens (tertiary/aromatic N) is 6. The van der Waals surface area contributed by atoms with Crippen LogP contribution in [-0.4, -0.2) is 41.2 Å². The lowest BCUT2D eigenvalue weighted by Crippen LogP contribution is -2.11. The van der Waals surface area contributed by atoms with Crippen LogP contribution in [-0.2, 0) is 13.0 Å². The Hall–Kier alpha value is -3.98. The number of unbranched alkanes of at least 4 members (excludes halogenated alkanes) is 1. The van der Waals surface area contributed by atoms with Gasteiger partial charge in [-0.15, -0.1) is 26.6 Å². The van der Waals surface area contributed by atoms with Crippen LogP contribution in [0.5, 0.6) is 0 Å². The summed E-state index contributed by atoms with van der Waals surface area (Å²) in [4.78, 5) is 18.8. The third-order valence-corrected chi connectivity index (χ3v) is 7.25. The Morgan fingerprint density at radius 2 is 1.86 bits per heavy atom. The molecule has 3 aromatic heterocycles. The molecule has 5 aromatic rings. The molecule has 0 saturated carbocycles. The van der Waals surface area contributed by atoms with Gasteiger partial charge in [0.25, 0.3) is 0 Å². The lowest BCUT2D eigenvalue weighted by atomic mass is 9.98. The van der Waals surface area contributed by atoms with E-state index in [0.717, 1.165) is 52.2 Å². The largest absolute Gasteiger partial charge is 0.290 e. The van der Waals surface area contributed by atoms with E-state index in [1.54, 1.807) is 11.3 Å². The minimum Gasteiger partial charge on any atom is -0.290 e. The van der Waals surface area contributed by atoms with Gasteiger partial charge in [-0.2, -0.15) is 5.21 Å². The van der Waals surface area contributed by atoms with Crippen molar-refractivity contribution >= 4 is 17.1 Å². The van der Waals surface area contributed by atoms with Crippen LogP contribution in [0.3, 0.4) is 0 Å². The van der Waals surface area contributed by atoms with E-state index >= 15 is 0 Å². The van der Waals surface area contributed by atoms with E-state index in [-0.39, 0.29) is 11.7 Å². The van der Waals surface area contributed by atoms with Crippen molar-refractivity contribution in [2.24, 2.45) is 0 Å². The van der Waals surface area contributed by atoms with Gasteiger partial charge in [0.15, 0.2) is 0 Å². The maximum atomic E-state index is 13.1. The molecule has 0 bridgehead atoms. The summed E-state index contributed by atoms with van der Waals surface area (Å²) in [5.74, 6) is 1.42. The molecule has 0 radical (unpaired) electrons. The van der Waals surface area contributed by atoms with Crippen molar-refractivity contribution in [1.82, 2.24) is 35.4 Å². The Morgan fingerprint density at radius 3 is 2.56 bits per heavy atom. The number of hydrogen-bond acceptors (Lipinski definition) is 7. The predicted octanol–water partition coefficient (Wildman–Crippen LogP) is 5.56. The van der Waals surface area contributed by atoms with Crippen LogP contribution in [0.2, 0.25) is 0 Å². The molecule has 0 aliphatic carbocycles. The van der Waals surface area contributed by atoms with E-state index < -0.39 is 0 Å². The summed E-state index contributed by atoms with van der Waals surface area (Å²) in [7, 11) is 0. The normalized spacial score (nSPS) is 12.1. The molecule has 9 heteroatoms. The molecule has 182 valence electrons. The fourth-order valence-electron chi connectivity index (χ4n) is 4.15. The summed E-state index contributed by atoms with van der Waals surface area (Å²) in [6.45, 7) is 4.63. The Kier molecular flexibility index (Phi) is 7.08. The van der Waals surface area contributed by atoms with Crippen molar-refractivity contribution in [2.75, 3.05) is 0 Å². The Bertz CT molecular complexity index is 1420. The number of benzene rings is 2. The molecule has 0 spiro atoms. The highest BCUT2D eigenvalue weighted by Gasteiger charge is 2.24. The van der Waals surface area contributed by atoms with Crippen LogP contribution in [0.4, 0.5) is 0 Å². The maximum absolute atomic E-state index is 13.1. The number of aromatic nitrogens is 7. The number of hydrogen-bond donors (Lipinski definition) is 1. The zero-order valence-corrected chi connectivity index (χ0v) is 21.1. The molecule has 0 aliphatic rings. The van der Waals surface area contributed by atoms with Gasteiger partial charge >= 0.3 is 0 Å². The zero-order valence-electron chi connectivity index (χ0n) is 20.3. The highest BCUT2D eigenvalue weighted by Crippen LogP contribution is 2.30. The third-order valence-electron chi connectivity index (χ3n) is 6.20. The Labute approximate surface area is 213 Å². The minimum absolute atomic E-state index is 0.0395. The lowest BCUT2D eigenvalue weighted by molar-refractivity contribution is 0.0957. The minimum atomic E-state index is -0.251. The molecule has 2 aromatic carbocycles. The quantitative estimate of drug-likeness (QED) is 0.253. The van der Waals surface area contributed by atoms with E-state index in [4.69, 9.17) is 0 Å². The summed E-state index contributed by atoms with van der Waals surface area (Å²) < 4.78 is 1.88. The molecule has 5 rings (SSSR count). The van der Waals surface area contributed by atoms with Crippen molar-refractivity contribution in [2.45, 2.75) is 45.6 Å². The van der Waals surface area contributed by atoms with E-state index in [1.807, 2.05) is 53.4 Å². The van der Waals surface area contributed by atoms with Crippen molar-refractivity contribution in [3.8, 4) is 22.5 Å². The molecule has 1 atom stereocenters. The van der Waals surface area contributed by atoms with E-state index in [0.29, 0.717) is 18.2 Å². The maximum Gasteiger partial charge on any atom is 0.218 e. The summed E-state index contributed by atoms with van der Waals surface area (Å²) in [5.41, 5.74) is 4.10. The second-order valence-corrected chi connectivity index (χ2v) is 9.67. The Morgan fingerprint density at radius 1 is 1.06 bits per heavy atom. The van der Waals surface area contributed by atoms with Gasteiger partial charge in [-0.25, -0.2) is 9.67 Å². The number of aryl methyl sites for hydroxylation is 1. The van der Waals surface area contributed by atoms with Crippen LogP contribution in [0.1, 0.15) is 59.5 Å². The van der Waals surface area contributed by atoms with Gasteiger partial charge < -0.3 is 0 Å². The standard InChI is InChI=1S/C27H27N7OS/c1-3-4-11-24-28-27(25(35)18(2)23-10-7-16-36-23)31-34(24)17-19-12-14-20(15-13-19)21-8-5-6-9-22(21)26-29-32-33-30-26/h5-10,12-16,18H,3-4,11,17H2,1-2H3,(H,29,30,32,33). The highest BCUT2D eigenvalue weighted by molar-refractivity contribution is 7.10. The van der Waals surface area contributed by atoms with Gasteiger partial charge in [-0.1, -0.05) is 74.9 Å². The van der Waals surface area contributed by atoms with Crippen molar-refractivity contribution in [1.29, 1.82) is 0 Å². The van der Waals surface area contributed by atoms with Crippen molar-refractivity contribution in [3.05, 3.63) is 88.1 Å². The summed E-state index contributed by atoms with van der Waals surface area (Å²) in [6, 6.07) is 20.3. The van der Waals surface area contributed by atoms with Gasteiger partial charge in [-0.3, -0.25) is 4.79 Å². The lowest BCUT2D eigenvalue weighted by Gasteiger charge is -2.09. The second-order valence-electron chi connectivity index (χ2n) is 8.69. The molecular weight excluding hydrogens is 470 g/mol. The van der Waals surface area contributed by atoms with E-state index in [2.05, 4.69) is 61.9 Å². The molecule has 8 nitrogen and oxygen atoms in total. The van der Waals surface area contributed by atoms with Crippen LogP contribution >= 0.6 is 11.3 Å². The molecular formula is C27H27N7OS. The van der Waals surface area contributed by atoms with Gasteiger partial charge in [0.05, 0.1) is 12.5 Å². The first-order valence-corrected chi connectivity index (χ1v) is 13.0. The van der Waals surface area contributed by atoms with Gasteiger partial charge in [0, 0.05) is 16.9 Å². The average molecular weight is 498 g/mol. The number of aromatic amines is 1. The summed E-state index contributed by atoms with van der Waals surface area (Å²) in [5, 5.41) is 21.1. The molecule has 0 fully saturated rings. The number of tetrazole rings is 1. The predicted molar refractivity (Wildman–Crippen MR) is 140 cm³/mol. The third kappa shape index (κ3) is 5.01. The van der Waals surface area contributed by atoms with Crippen LogP contribution < -0.4 is 0 Å². The fraction of sp³-hybridized carbons (Fsp3) is 0.259. The Balaban J connectivity index is 1.39. The first-order valence-electron chi connectivity index (χ1n) is 12.1. The SMILES string of the molecule is CCCCc1nc(C(=O)C(C)c2cccs2)nn1Cc1ccc(-c2ccccc2-c2nn[nH]n2)cc1. The fourth-order valence-corrected chi connectivity index (χ4v) is 4.94. The number of ketones is 1. The zero-order chi connectivity index (χ0) is 24.9. The molecule has 0 saturated heterocycles. The van der Waals surface area contributed by atoms with Crippen molar-refractivity contribution < 1.29 is 4.79 Å². The molecule has 0 amide bonds. The van der Waals surface area contributed by atoms with Crippen LogP contribution in [0.15, 0.2) is 66.0 Å². The molecule has 0 aliphatic heterocycles. The molecule has 3 heterocycles. The summed E-state index contributed by atoms with van der Waals surface area (Å²) in [6.07, 6.45) is 2.84. The average Bonchev–Trinajstić information content (AvgIpc) is 3.70. The number of carbonyl (C=O) groups is 1. The van der Waals surface area contributed by atoms with E-state index in [1.165, 1.54) is 0 Å². The van der Waals surface area contributed by atoms with Crippen LogP contribution in [0, 0.1) is 0 Å². The monoisotopic (exact) mass is 497 g/mol. The molecule has 36 heavy (non-hydrogen) atoms. The molecule has 1 unspecified atom stereocenters. The number of Topliss-reactive ketones (excluding diaryl/α,β-unsaturated/α-hetero) is 1. The van der Waals surface area contributed by atoms with Gasteiger partial charge in [0.2, 0.25) is 17.4 Å². The number of carbonyl (C=O) groups excluding carboxylic acids is 1. The van der Waals surface area contributed by atoms with Crippen molar-refractivity contribution in [3.63, 3.8) is 0 Å². The highest BCUT2D eigenvalue weighted by atomic mass is 32.1. The number of nitrogens with one attached hydrogen (secondary N) is 1. The topological polar surface area (TPSA) is 102 Å². The van der Waals surface area contributed by atoms with Crippen LogP contribution in [0.25, 0.3) is 22.5 Å². The first kappa shape index (κ1) is 23.7. The number of rotatable bonds is 10. The summed E-state index contributed by atoms with van der Waals surface area (Å²) >= 11 is 1.58. The first-order chi connectivity index (χ1) is 17.6. The van der Waals surface area contributed by atoms with Gasteiger partial charge in [-0.05, 0) is 39.8 Å².